The number of benzene rings is 8. The molecule has 0 saturated carbocycles. The van der Waals surface area contributed by atoms with Crippen LogP contribution in [0.25, 0.3) is 97.4 Å². The number of nitrogens with zero attached hydrogens (tertiary/aromatic N) is 3. The molecule has 0 radical (unpaired) electrons. The van der Waals surface area contributed by atoms with E-state index in [4.69, 9.17) is 10.2 Å². The predicted octanol–water partition coefficient (Wildman–Crippen LogP) is 13.4. The molecule has 2 aromatic heterocycles. The molecule has 1 aliphatic carbocycles. The molecule has 0 aliphatic heterocycles. The Morgan fingerprint density at radius 3 is 1.86 bits per heavy atom. The van der Waals surface area contributed by atoms with Gasteiger partial charge >= 0.3 is 346 Å². The standard InChI is InChI=1S/C54H37N3Se/c1-33-31-44-39-24-13-12-23-38(39)32-45(44)48(34(33)2)42-29-30-47-51(41-25-14-15-28-46(41)58-47)52(42)50-40(35-17-6-3-7-18-35)26-16-27-43(50)54-49(36-19-8-4-9-20-36)53(55-57-56-54)37-21-10-5-11-22-37/h3-31H,32H2,1-2H3. The molecule has 8 aromatic carbocycles. The van der Waals surface area contributed by atoms with Gasteiger partial charge in [-0.2, -0.15) is 0 Å². The molecule has 0 atom stereocenters. The van der Waals surface area contributed by atoms with E-state index in [1.165, 1.54) is 69.4 Å². The SMILES string of the molecule is Cc1cc2c(c(-c3ccc4[se]c5ccccc5c4c3-c3c(-c4ccccc4)cccc3-c3nnnc(-c4ccccc4)c3-c3ccccc3)c1C)Cc1ccccc1-2. The molecule has 0 fully saturated rings. The fraction of sp³-hybridized carbons (Fsp3) is 0.0556. The summed E-state index contributed by atoms with van der Waals surface area (Å²) in [7, 11) is 0. The number of fused-ring (bicyclic) bond motifs is 6. The summed E-state index contributed by atoms with van der Waals surface area (Å²) in [6.45, 7) is 4.60. The van der Waals surface area contributed by atoms with Crippen molar-refractivity contribution < 1.29 is 0 Å². The van der Waals surface area contributed by atoms with Crippen molar-refractivity contribution in [1.29, 1.82) is 0 Å². The van der Waals surface area contributed by atoms with E-state index in [1.54, 1.807) is 0 Å². The van der Waals surface area contributed by atoms with Gasteiger partial charge in [-0.05, 0) is 0 Å². The minimum atomic E-state index is 0.160. The predicted molar refractivity (Wildman–Crippen MR) is 242 cm³/mol. The average molecular weight is 807 g/mol. The molecule has 3 nitrogen and oxygen atoms in total. The Balaban J connectivity index is 1.33. The van der Waals surface area contributed by atoms with Crippen LogP contribution in [-0.4, -0.2) is 29.9 Å². The quantitative estimate of drug-likeness (QED) is 0.157. The molecule has 0 saturated heterocycles. The van der Waals surface area contributed by atoms with Gasteiger partial charge in [0, 0.05) is 0 Å². The minimum absolute atomic E-state index is 0.160. The van der Waals surface area contributed by atoms with Crippen LogP contribution < -0.4 is 0 Å². The molecule has 10 aromatic rings. The molecule has 1 aliphatic rings. The van der Waals surface area contributed by atoms with E-state index in [0.717, 1.165) is 56.8 Å². The number of aryl methyl sites for hydroxylation is 1. The van der Waals surface area contributed by atoms with Crippen LogP contribution in [0.15, 0.2) is 176 Å². The van der Waals surface area contributed by atoms with Crippen molar-refractivity contribution in [3.05, 3.63) is 198 Å². The van der Waals surface area contributed by atoms with Gasteiger partial charge in [0.15, 0.2) is 0 Å². The summed E-state index contributed by atoms with van der Waals surface area (Å²) in [5.74, 6) is 0. The molecule has 58 heavy (non-hydrogen) atoms. The number of hydrogen-bond donors (Lipinski definition) is 0. The second-order valence-corrected chi connectivity index (χ2v) is 17.5. The molecule has 0 bridgehead atoms. The third-order valence-electron chi connectivity index (χ3n) is 12.0. The normalized spacial score (nSPS) is 11.9. The van der Waals surface area contributed by atoms with Gasteiger partial charge in [-0.3, -0.25) is 0 Å². The van der Waals surface area contributed by atoms with Crippen molar-refractivity contribution in [1.82, 2.24) is 15.4 Å². The zero-order valence-corrected chi connectivity index (χ0v) is 33.9. The van der Waals surface area contributed by atoms with Crippen LogP contribution in [-0.2, 0) is 6.42 Å². The van der Waals surface area contributed by atoms with Crippen molar-refractivity contribution in [3.63, 3.8) is 0 Å². The first-order chi connectivity index (χ1) is 28.6. The number of rotatable bonds is 6. The zero-order chi connectivity index (χ0) is 38.7. The second-order valence-electron chi connectivity index (χ2n) is 15.2. The summed E-state index contributed by atoms with van der Waals surface area (Å²) >= 11 is 0.160. The molecule has 0 unspecified atom stereocenters. The molecule has 2 heterocycles. The van der Waals surface area contributed by atoms with E-state index in [9.17, 15) is 0 Å². The summed E-state index contributed by atoms with van der Waals surface area (Å²) < 4.78 is 2.82. The van der Waals surface area contributed by atoms with Crippen LogP contribution in [0.3, 0.4) is 0 Å². The number of aromatic nitrogens is 3. The Morgan fingerprint density at radius 1 is 0.431 bits per heavy atom. The Labute approximate surface area is 344 Å². The van der Waals surface area contributed by atoms with E-state index in [-0.39, 0.29) is 14.5 Å². The molecule has 11 rings (SSSR count). The summed E-state index contributed by atoms with van der Waals surface area (Å²) in [5.41, 5.74) is 21.1. The van der Waals surface area contributed by atoms with Gasteiger partial charge in [0.1, 0.15) is 0 Å². The van der Waals surface area contributed by atoms with Crippen LogP contribution in [0.4, 0.5) is 0 Å². The van der Waals surface area contributed by atoms with Gasteiger partial charge in [-0.15, -0.1) is 0 Å². The van der Waals surface area contributed by atoms with Crippen LogP contribution in [0.1, 0.15) is 22.3 Å². The van der Waals surface area contributed by atoms with E-state index in [0.29, 0.717) is 0 Å². The molecular weight excluding hydrogens is 770 g/mol. The number of hydrogen-bond acceptors (Lipinski definition) is 3. The van der Waals surface area contributed by atoms with Gasteiger partial charge < -0.3 is 0 Å². The van der Waals surface area contributed by atoms with E-state index >= 15 is 0 Å². The van der Waals surface area contributed by atoms with Gasteiger partial charge in [0.05, 0.1) is 0 Å². The van der Waals surface area contributed by atoms with Crippen LogP contribution in [0.5, 0.6) is 0 Å². The Bertz CT molecular complexity index is 3200. The van der Waals surface area contributed by atoms with E-state index < -0.39 is 0 Å². The first-order valence-electron chi connectivity index (χ1n) is 19.8. The van der Waals surface area contributed by atoms with Crippen LogP contribution >= 0.6 is 0 Å². The van der Waals surface area contributed by atoms with Gasteiger partial charge in [-0.1, -0.05) is 0 Å². The zero-order valence-electron chi connectivity index (χ0n) is 32.2. The average Bonchev–Trinajstić information content (AvgIpc) is 3.85. The monoisotopic (exact) mass is 807 g/mol. The molecule has 274 valence electrons. The maximum atomic E-state index is 5.03. The fourth-order valence-corrected chi connectivity index (χ4v) is 11.6. The first kappa shape index (κ1) is 34.5. The third kappa shape index (κ3) is 5.52. The van der Waals surface area contributed by atoms with Crippen molar-refractivity contribution >= 4 is 33.8 Å². The molecular formula is C54H37N3Se. The van der Waals surface area contributed by atoms with Gasteiger partial charge in [-0.25, -0.2) is 0 Å². The third-order valence-corrected chi connectivity index (χ3v) is 14.4. The summed E-state index contributed by atoms with van der Waals surface area (Å²) in [6.07, 6.45) is 0.903. The fourth-order valence-electron chi connectivity index (χ4n) is 9.24. The topological polar surface area (TPSA) is 38.7 Å². The van der Waals surface area contributed by atoms with Crippen LogP contribution in [0, 0.1) is 13.8 Å². The molecule has 0 N–H and O–H groups in total. The Kier molecular flexibility index (Phi) is 8.36. The first-order valence-corrected chi connectivity index (χ1v) is 21.5. The van der Waals surface area contributed by atoms with Crippen LogP contribution in [0.2, 0.25) is 0 Å². The van der Waals surface area contributed by atoms with Gasteiger partial charge in [0.25, 0.3) is 0 Å². The van der Waals surface area contributed by atoms with Crippen molar-refractivity contribution in [2.75, 3.05) is 0 Å². The summed E-state index contributed by atoms with van der Waals surface area (Å²) in [4.78, 5) is 0. The van der Waals surface area contributed by atoms with E-state index in [2.05, 4.69) is 189 Å². The maximum absolute atomic E-state index is 5.03. The van der Waals surface area contributed by atoms with Gasteiger partial charge in [0.2, 0.25) is 0 Å². The molecule has 0 spiro atoms. The molecule has 0 amide bonds. The Morgan fingerprint density at radius 2 is 1.07 bits per heavy atom. The second kappa shape index (κ2) is 14.0. The molecule has 4 heteroatoms. The van der Waals surface area contributed by atoms with Crippen molar-refractivity contribution in [3.8, 4) is 78.1 Å². The van der Waals surface area contributed by atoms with E-state index in [1.807, 2.05) is 6.07 Å². The van der Waals surface area contributed by atoms with Crippen molar-refractivity contribution in [2.45, 2.75) is 20.3 Å². The van der Waals surface area contributed by atoms with Crippen molar-refractivity contribution in [2.24, 2.45) is 0 Å². The summed E-state index contributed by atoms with van der Waals surface area (Å²) in [5, 5.41) is 17.0. The summed E-state index contributed by atoms with van der Waals surface area (Å²) in [6, 6.07) is 63.8. The Hall–Kier alpha value is -6.71.